The summed E-state index contributed by atoms with van der Waals surface area (Å²) in [7, 11) is 0. The van der Waals surface area contributed by atoms with Crippen molar-refractivity contribution in [3.05, 3.63) is 34.5 Å². The highest BCUT2D eigenvalue weighted by Gasteiger charge is 2.04. The van der Waals surface area contributed by atoms with Gasteiger partial charge in [-0.3, -0.25) is 0 Å². The Kier molecular flexibility index (Phi) is 1.65. The molecular weight excluding hydrogens is 171 g/mol. The van der Waals surface area contributed by atoms with Crippen LogP contribution in [0.3, 0.4) is 0 Å². The topological polar surface area (TPSA) is 0 Å². The van der Waals surface area contributed by atoms with E-state index in [9.17, 15) is 4.39 Å². The maximum atomic E-state index is 13.1. The fourth-order valence-corrected chi connectivity index (χ4v) is 2.35. The van der Waals surface area contributed by atoms with Crippen LogP contribution in [-0.2, 0) is 0 Å². The second kappa shape index (κ2) is 2.56. The Hall–Kier alpha value is -0.890. The van der Waals surface area contributed by atoms with E-state index in [1.165, 1.54) is 10.9 Å². The SMILES string of the molecule is Cc1cc2ccc(F)c(C)c2s1. The molecule has 1 heterocycles. The van der Waals surface area contributed by atoms with Crippen LogP contribution < -0.4 is 0 Å². The van der Waals surface area contributed by atoms with Crippen molar-refractivity contribution in [2.24, 2.45) is 0 Å². The van der Waals surface area contributed by atoms with Gasteiger partial charge in [0.25, 0.3) is 0 Å². The summed E-state index contributed by atoms with van der Waals surface area (Å²) in [5.41, 5.74) is 0.769. The molecule has 0 radical (unpaired) electrons. The average Bonchev–Trinajstić information content (AvgIpc) is 2.39. The number of hydrogen-bond acceptors (Lipinski definition) is 1. The number of thiophene rings is 1. The van der Waals surface area contributed by atoms with Gasteiger partial charge in [0.15, 0.2) is 0 Å². The van der Waals surface area contributed by atoms with Gasteiger partial charge in [-0.05, 0) is 31.4 Å². The third-order valence-corrected chi connectivity index (χ3v) is 3.18. The van der Waals surface area contributed by atoms with Gasteiger partial charge >= 0.3 is 0 Å². The molecule has 0 unspecified atom stereocenters. The lowest BCUT2D eigenvalue weighted by molar-refractivity contribution is 0.621. The summed E-state index contributed by atoms with van der Waals surface area (Å²) in [4.78, 5) is 1.23. The Morgan fingerprint density at radius 2 is 2.00 bits per heavy atom. The molecule has 0 fully saturated rings. The Labute approximate surface area is 74.6 Å². The lowest BCUT2D eigenvalue weighted by Gasteiger charge is -1.95. The van der Waals surface area contributed by atoms with Crippen LogP contribution in [0.1, 0.15) is 10.4 Å². The van der Waals surface area contributed by atoms with E-state index in [1.807, 2.05) is 19.9 Å². The van der Waals surface area contributed by atoms with Crippen LogP contribution in [0.5, 0.6) is 0 Å². The molecule has 0 saturated heterocycles. The van der Waals surface area contributed by atoms with Gasteiger partial charge in [0.05, 0.1) is 0 Å². The Balaban J connectivity index is 2.89. The van der Waals surface area contributed by atoms with Crippen molar-refractivity contribution >= 4 is 21.4 Å². The van der Waals surface area contributed by atoms with Crippen molar-refractivity contribution in [3.63, 3.8) is 0 Å². The highest BCUT2D eigenvalue weighted by Crippen LogP contribution is 2.29. The largest absolute Gasteiger partial charge is 0.207 e. The van der Waals surface area contributed by atoms with Gasteiger partial charge in [-0.2, -0.15) is 0 Å². The first-order valence-electron chi connectivity index (χ1n) is 3.84. The highest BCUT2D eigenvalue weighted by molar-refractivity contribution is 7.19. The van der Waals surface area contributed by atoms with E-state index in [0.717, 1.165) is 15.6 Å². The first-order valence-corrected chi connectivity index (χ1v) is 4.65. The summed E-state index contributed by atoms with van der Waals surface area (Å²) in [6.45, 7) is 3.87. The van der Waals surface area contributed by atoms with Crippen LogP contribution in [0.2, 0.25) is 0 Å². The van der Waals surface area contributed by atoms with Crippen molar-refractivity contribution in [1.29, 1.82) is 0 Å². The number of halogens is 1. The molecule has 0 aliphatic carbocycles. The number of rotatable bonds is 0. The maximum absolute atomic E-state index is 13.1. The molecule has 0 spiro atoms. The second-order valence-corrected chi connectivity index (χ2v) is 4.20. The predicted octanol–water partition coefficient (Wildman–Crippen LogP) is 3.66. The third-order valence-electron chi connectivity index (χ3n) is 1.99. The summed E-state index contributed by atoms with van der Waals surface area (Å²) in [6, 6.07) is 5.46. The van der Waals surface area contributed by atoms with E-state index in [1.54, 1.807) is 11.3 Å². The Bertz CT molecular complexity index is 429. The zero-order valence-corrected chi connectivity index (χ0v) is 7.83. The summed E-state index contributed by atoms with van der Waals surface area (Å²) >= 11 is 1.65. The van der Waals surface area contributed by atoms with E-state index < -0.39 is 0 Å². The summed E-state index contributed by atoms with van der Waals surface area (Å²) < 4.78 is 14.1. The molecule has 1 aromatic carbocycles. The fourth-order valence-electron chi connectivity index (χ4n) is 1.35. The van der Waals surface area contributed by atoms with Gasteiger partial charge < -0.3 is 0 Å². The minimum atomic E-state index is -0.107. The zero-order chi connectivity index (χ0) is 8.72. The Morgan fingerprint density at radius 1 is 1.25 bits per heavy atom. The van der Waals surface area contributed by atoms with Crippen molar-refractivity contribution < 1.29 is 4.39 Å². The summed E-state index contributed by atoms with van der Waals surface area (Å²) in [5.74, 6) is -0.107. The molecule has 2 heteroatoms. The highest BCUT2D eigenvalue weighted by atomic mass is 32.1. The van der Waals surface area contributed by atoms with E-state index in [2.05, 4.69) is 6.07 Å². The van der Waals surface area contributed by atoms with E-state index in [-0.39, 0.29) is 5.82 Å². The quantitative estimate of drug-likeness (QED) is 0.580. The molecule has 0 N–H and O–H groups in total. The van der Waals surface area contributed by atoms with Gasteiger partial charge in [0, 0.05) is 15.1 Å². The molecule has 0 nitrogen and oxygen atoms in total. The van der Waals surface area contributed by atoms with Crippen LogP contribution in [0.4, 0.5) is 4.39 Å². The van der Waals surface area contributed by atoms with Crippen molar-refractivity contribution in [3.8, 4) is 0 Å². The molecule has 0 saturated carbocycles. The fraction of sp³-hybridized carbons (Fsp3) is 0.200. The second-order valence-electron chi connectivity index (χ2n) is 2.95. The van der Waals surface area contributed by atoms with Crippen LogP contribution in [0, 0.1) is 19.7 Å². The average molecular weight is 180 g/mol. The smallest absolute Gasteiger partial charge is 0.127 e. The summed E-state index contributed by atoms with van der Waals surface area (Å²) in [6.07, 6.45) is 0. The predicted molar refractivity (Wildman–Crippen MR) is 51.3 cm³/mol. The molecular formula is C10H9FS. The normalized spacial score (nSPS) is 10.9. The first-order chi connectivity index (χ1) is 5.68. The molecule has 0 amide bonds. The zero-order valence-electron chi connectivity index (χ0n) is 7.02. The van der Waals surface area contributed by atoms with Crippen molar-refractivity contribution in [2.75, 3.05) is 0 Å². The molecule has 2 rings (SSSR count). The minimum absolute atomic E-state index is 0.107. The van der Waals surface area contributed by atoms with Crippen LogP contribution in [-0.4, -0.2) is 0 Å². The summed E-state index contributed by atoms with van der Waals surface area (Å²) in [5, 5.41) is 1.15. The number of hydrogen-bond donors (Lipinski definition) is 0. The van der Waals surface area contributed by atoms with E-state index >= 15 is 0 Å². The first kappa shape index (κ1) is 7.74. The molecule has 0 atom stereocenters. The lowest BCUT2D eigenvalue weighted by Crippen LogP contribution is -1.79. The van der Waals surface area contributed by atoms with Crippen LogP contribution >= 0.6 is 11.3 Å². The van der Waals surface area contributed by atoms with Crippen molar-refractivity contribution in [2.45, 2.75) is 13.8 Å². The van der Waals surface area contributed by atoms with Gasteiger partial charge in [0.2, 0.25) is 0 Å². The molecule has 1 aromatic heterocycles. The lowest BCUT2D eigenvalue weighted by atomic mass is 10.2. The maximum Gasteiger partial charge on any atom is 0.127 e. The monoisotopic (exact) mass is 180 g/mol. The molecule has 0 aliphatic heterocycles. The molecule has 0 aliphatic rings. The van der Waals surface area contributed by atoms with Gasteiger partial charge in [-0.15, -0.1) is 11.3 Å². The molecule has 12 heavy (non-hydrogen) atoms. The van der Waals surface area contributed by atoms with Gasteiger partial charge in [-0.25, -0.2) is 4.39 Å². The van der Waals surface area contributed by atoms with E-state index in [0.29, 0.717) is 0 Å². The van der Waals surface area contributed by atoms with E-state index in [4.69, 9.17) is 0 Å². The number of fused-ring (bicyclic) bond motifs is 1. The minimum Gasteiger partial charge on any atom is -0.207 e. The number of benzene rings is 1. The van der Waals surface area contributed by atoms with Gasteiger partial charge in [0.1, 0.15) is 5.82 Å². The standard InChI is InChI=1S/C10H9FS/c1-6-5-8-3-4-9(11)7(2)10(8)12-6/h3-5H,1-2H3. The van der Waals surface area contributed by atoms with Crippen LogP contribution in [0.15, 0.2) is 18.2 Å². The van der Waals surface area contributed by atoms with Crippen LogP contribution in [0.25, 0.3) is 10.1 Å². The number of aryl methyl sites for hydroxylation is 2. The van der Waals surface area contributed by atoms with Gasteiger partial charge in [-0.1, -0.05) is 6.07 Å². The molecule has 0 bridgehead atoms. The third kappa shape index (κ3) is 1.03. The molecule has 2 aromatic rings. The molecule has 62 valence electrons. The Morgan fingerprint density at radius 3 is 2.75 bits per heavy atom. The van der Waals surface area contributed by atoms with Crippen molar-refractivity contribution in [1.82, 2.24) is 0 Å².